The molecule has 1 aromatic carbocycles. The van der Waals surface area contributed by atoms with Crippen LogP contribution in [-0.4, -0.2) is 15.7 Å². The number of nitro groups is 1. The lowest BCUT2D eigenvalue weighted by Crippen LogP contribution is -2.30. The Labute approximate surface area is 172 Å². The van der Waals surface area contributed by atoms with Crippen LogP contribution in [0.5, 0.6) is 0 Å². The molecule has 0 saturated heterocycles. The van der Waals surface area contributed by atoms with Crippen molar-refractivity contribution in [3.05, 3.63) is 86.7 Å². The van der Waals surface area contributed by atoms with Gasteiger partial charge >= 0.3 is 0 Å². The van der Waals surface area contributed by atoms with Crippen LogP contribution in [0.2, 0.25) is 5.02 Å². The van der Waals surface area contributed by atoms with Crippen LogP contribution in [0.4, 0.5) is 5.69 Å². The molecule has 0 N–H and O–H groups in total. The first-order chi connectivity index (χ1) is 13.9. The summed E-state index contributed by atoms with van der Waals surface area (Å²) in [6, 6.07) is 11.1. The molecule has 4 rings (SSSR count). The minimum absolute atomic E-state index is 0.0648. The molecule has 0 radical (unpaired) electrons. The predicted octanol–water partition coefficient (Wildman–Crippen LogP) is 5.40. The van der Waals surface area contributed by atoms with E-state index in [0.717, 1.165) is 12.2 Å². The molecule has 29 heavy (non-hydrogen) atoms. The minimum Gasteiger partial charge on any atom is -0.467 e. The molecule has 2 unspecified atom stereocenters. The third-order valence-corrected chi connectivity index (χ3v) is 5.44. The molecule has 1 aliphatic rings. The van der Waals surface area contributed by atoms with Crippen molar-refractivity contribution in [3.63, 3.8) is 0 Å². The highest BCUT2D eigenvalue weighted by Crippen LogP contribution is 2.47. The molecule has 1 fully saturated rings. The second-order valence-corrected chi connectivity index (χ2v) is 7.69. The molecule has 1 saturated carbocycles. The van der Waals surface area contributed by atoms with Gasteiger partial charge in [0.05, 0.1) is 34.9 Å². The van der Waals surface area contributed by atoms with Crippen LogP contribution in [0.3, 0.4) is 0 Å². The number of nitrogens with zero attached hydrogens (tertiary/aromatic N) is 2. The van der Waals surface area contributed by atoms with Gasteiger partial charge in [0.15, 0.2) is 0 Å². The SMILES string of the molecule is CC1CC1c1ccc(CN(Cc2ccco2)C(=O)c2cc([N+](=O)[O-])ccc2Cl)o1. The van der Waals surface area contributed by atoms with Gasteiger partial charge in [-0.1, -0.05) is 18.5 Å². The summed E-state index contributed by atoms with van der Waals surface area (Å²) in [5, 5.41) is 11.3. The summed E-state index contributed by atoms with van der Waals surface area (Å²) in [4.78, 5) is 25.3. The van der Waals surface area contributed by atoms with Crippen molar-refractivity contribution in [2.24, 2.45) is 5.92 Å². The van der Waals surface area contributed by atoms with E-state index in [1.54, 1.807) is 12.1 Å². The van der Waals surface area contributed by atoms with Gasteiger partial charge in [-0.25, -0.2) is 0 Å². The fourth-order valence-electron chi connectivity index (χ4n) is 3.34. The smallest absolute Gasteiger partial charge is 0.270 e. The molecule has 1 amide bonds. The standard InChI is InChI=1S/C21H19ClN2O5/c1-13-9-17(13)20-7-5-16(29-20)12-23(11-15-3-2-8-28-15)21(25)18-10-14(24(26)27)4-6-19(18)22/h2-8,10,13,17H,9,11-12H2,1H3. The van der Waals surface area contributed by atoms with E-state index >= 15 is 0 Å². The van der Waals surface area contributed by atoms with E-state index in [2.05, 4.69) is 6.92 Å². The number of halogens is 1. The molecule has 2 aromatic heterocycles. The van der Waals surface area contributed by atoms with Gasteiger partial charge in [-0.3, -0.25) is 14.9 Å². The maximum absolute atomic E-state index is 13.2. The molecule has 0 aliphatic heterocycles. The van der Waals surface area contributed by atoms with Gasteiger partial charge < -0.3 is 13.7 Å². The van der Waals surface area contributed by atoms with Crippen LogP contribution in [0.25, 0.3) is 0 Å². The number of carbonyl (C=O) groups excluding carboxylic acids is 1. The van der Waals surface area contributed by atoms with Crippen LogP contribution in [0, 0.1) is 16.0 Å². The molecule has 0 spiro atoms. The first-order valence-electron chi connectivity index (χ1n) is 9.26. The summed E-state index contributed by atoms with van der Waals surface area (Å²) >= 11 is 6.18. The second kappa shape index (κ2) is 7.75. The number of furan rings is 2. The Bertz CT molecular complexity index is 1040. The highest BCUT2D eigenvalue weighted by molar-refractivity contribution is 6.33. The van der Waals surface area contributed by atoms with Crippen LogP contribution in [-0.2, 0) is 13.1 Å². The van der Waals surface area contributed by atoms with Crippen molar-refractivity contribution >= 4 is 23.2 Å². The van der Waals surface area contributed by atoms with Gasteiger partial charge in [0.25, 0.3) is 11.6 Å². The number of hydrogen-bond acceptors (Lipinski definition) is 5. The average Bonchev–Trinajstić information content (AvgIpc) is 3.09. The summed E-state index contributed by atoms with van der Waals surface area (Å²) in [5.41, 5.74) is -0.131. The first-order valence-corrected chi connectivity index (χ1v) is 9.64. The lowest BCUT2D eigenvalue weighted by molar-refractivity contribution is -0.384. The Hall–Kier alpha value is -3.06. The monoisotopic (exact) mass is 414 g/mol. The Kier molecular flexibility index (Phi) is 5.15. The van der Waals surface area contributed by atoms with E-state index in [-0.39, 0.29) is 29.4 Å². The van der Waals surface area contributed by atoms with E-state index in [4.69, 9.17) is 20.4 Å². The maximum Gasteiger partial charge on any atom is 0.270 e. The fourth-order valence-corrected chi connectivity index (χ4v) is 3.54. The number of nitro benzene ring substituents is 1. The topological polar surface area (TPSA) is 89.7 Å². The Balaban J connectivity index is 1.61. The van der Waals surface area contributed by atoms with Crippen molar-refractivity contribution in [1.29, 1.82) is 0 Å². The van der Waals surface area contributed by atoms with E-state index in [9.17, 15) is 14.9 Å². The third kappa shape index (κ3) is 4.19. The largest absolute Gasteiger partial charge is 0.467 e. The van der Waals surface area contributed by atoms with Crippen molar-refractivity contribution in [2.45, 2.75) is 32.4 Å². The van der Waals surface area contributed by atoms with Crippen molar-refractivity contribution in [1.82, 2.24) is 4.90 Å². The van der Waals surface area contributed by atoms with E-state index in [1.807, 2.05) is 12.1 Å². The number of rotatable bonds is 7. The molecule has 150 valence electrons. The summed E-state index contributed by atoms with van der Waals surface area (Å²) in [6.45, 7) is 2.55. The van der Waals surface area contributed by atoms with Gasteiger partial charge in [0, 0.05) is 18.1 Å². The Morgan fingerprint density at radius 1 is 1.24 bits per heavy atom. The molecular formula is C21H19ClN2O5. The summed E-state index contributed by atoms with van der Waals surface area (Å²) < 4.78 is 11.3. The normalized spacial score (nSPS) is 17.9. The molecule has 0 bridgehead atoms. The summed E-state index contributed by atoms with van der Waals surface area (Å²) in [7, 11) is 0. The first kappa shape index (κ1) is 19.3. The zero-order chi connectivity index (χ0) is 20.5. The number of carbonyl (C=O) groups is 1. The van der Waals surface area contributed by atoms with Gasteiger partial charge in [-0.15, -0.1) is 0 Å². The molecule has 8 heteroatoms. The Morgan fingerprint density at radius 3 is 2.66 bits per heavy atom. The van der Waals surface area contributed by atoms with E-state index in [0.29, 0.717) is 23.4 Å². The van der Waals surface area contributed by atoms with Crippen molar-refractivity contribution in [3.8, 4) is 0 Å². The Morgan fingerprint density at radius 2 is 2.00 bits per heavy atom. The van der Waals surface area contributed by atoms with Crippen molar-refractivity contribution in [2.75, 3.05) is 0 Å². The van der Waals surface area contributed by atoms with Crippen LogP contribution >= 0.6 is 11.6 Å². The van der Waals surface area contributed by atoms with Gasteiger partial charge in [0.1, 0.15) is 17.3 Å². The molecule has 2 heterocycles. The van der Waals surface area contributed by atoms with Crippen LogP contribution in [0.1, 0.15) is 46.9 Å². The number of hydrogen-bond donors (Lipinski definition) is 0. The fraction of sp³-hybridized carbons (Fsp3) is 0.286. The highest BCUT2D eigenvalue weighted by Gasteiger charge is 2.36. The van der Waals surface area contributed by atoms with Gasteiger partial charge in [0.2, 0.25) is 0 Å². The number of benzene rings is 1. The minimum atomic E-state index is -0.556. The second-order valence-electron chi connectivity index (χ2n) is 7.29. The quantitative estimate of drug-likeness (QED) is 0.381. The summed E-state index contributed by atoms with van der Waals surface area (Å²) in [6.07, 6.45) is 2.63. The predicted molar refractivity (Wildman–Crippen MR) is 106 cm³/mol. The lowest BCUT2D eigenvalue weighted by Gasteiger charge is -2.21. The maximum atomic E-state index is 13.2. The van der Waals surface area contributed by atoms with Crippen LogP contribution in [0.15, 0.2) is 57.6 Å². The lowest BCUT2D eigenvalue weighted by atomic mass is 10.1. The molecule has 1 aliphatic carbocycles. The highest BCUT2D eigenvalue weighted by atomic mass is 35.5. The number of amides is 1. The van der Waals surface area contributed by atoms with Gasteiger partial charge in [-0.05, 0) is 42.7 Å². The molecule has 7 nitrogen and oxygen atoms in total. The molecular weight excluding hydrogens is 396 g/mol. The van der Waals surface area contributed by atoms with E-state index < -0.39 is 10.8 Å². The third-order valence-electron chi connectivity index (χ3n) is 5.11. The summed E-state index contributed by atoms with van der Waals surface area (Å²) in [5.74, 6) is 2.75. The van der Waals surface area contributed by atoms with Crippen LogP contribution < -0.4 is 0 Å². The average molecular weight is 415 g/mol. The van der Waals surface area contributed by atoms with Gasteiger partial charge in [-0.2, -0.15) is 0 Å². The molecule has 3 aromatic rings. The van der Waals surface area contributed by atoms with Crippen molar-refractivity contribution < 1.29 is 18.6 Å². The molecule has 2 atom stereocenters. The zero-order valence-corrected chi connectivity index (χ0v) is 16.5. The van der Waals surface area contributed by atoms with E-state index in [1.165, 1.54) is 29.4 Å². The zero-order valence-electron chi connectivity index (χ0n) is 15.7. The number of non-ortho nitro benzene ring substituents is 1.